The smallest absolute Gasteiger partial charge is 0.178 e. The molecule has 0 saturated heterocycles. The molecular formula is C20H20N6OS. The van der Waals surface area contributed by atoms with Crippen LogP contribution in [0.15, 0.2) is 35.1 Å². The van der Waals surface area contributed by atoms with Crippen molar-refractivity contribution in [1.29, 1.82) is 5.26 Å². The molecule has 0 spiro atoms. The van der Waals surface area contributed by atoms with Crippen molar-refractivity contribution in [2.45, 2.75) is 44.2 Å². The lowest BCUT2D eigenvalue weighted by Gasteiger charge is -2.09. The normalized spacial score (nSPS) is 14.9. The zero-order valence-corrected chi connectivity index (χ0v) is 16.4. The lowest BCUT2D eigenvalue weighted by Crippen LogP contribution is -2.07. The molecule has 0 aliphatic carbocycles. The molecule has 0 fully saturated rings. The number of rotatable bonds is 4. The molecule has 4 rings (SSSR count). The third-order valence-corrected chi connectivity index (χ3v) is 5.76. The predicted octanol–water partition coefficient (Wildman–Crippen LogP) is 3.84. The minimum absolute atomic E-state index is 0.00714. The maximum absolute atomic E-state index is 10.7. The first kappa shape index (κ1) is 18.4. The van der Waals surface area contributed by atoms with E-state index in [-0.39, 0.29) is 17.1 Å². The van der Waals surface area contributed by atoms with Crippen LogP contribution in [0.5, 0.6) is 0 Å². The molecule has 8 heteroatoms. The predicted molar refractivity (Wildman–Crippen MR) is 108 cm³/mol. The summed E-state index contributed by atoms with van der Waals surface area (Å²) >= 11 is 1.39. The van der Waals surface area contributed by atoms with Gasteiger partial charge in [-0.3, -0.25) is 0 Å². The SMILES string of the molecule is Cc1nc(SC/C(O)=C(\C#N)c2nnc3n2CCCCC3)c2ccccc2n1. The van der Waals surface area contributed by atoms with Gasteiger partial charge in [-0.1, -0.05) is 36.4 Å². The van der Waals surface area contributed by atoms with Crippen molar-refractivity contribution in [1.82, 2.24) is 24.7 Å². The molecule has 1 aliphatic heterocycles. The van der Waals surface area contributed by atoms with Gasteiger partial charge in [0.15, 0.2) is 5.82 Å². The zero-order chi connectivity index (χ0) is 19.5. The van der Waals surface area contributed by atoms with Crippen LogP contribution in [0.1, 0.15) is 36.7 Å². The molecule has 1 aromatic carbocycles. The van der Waals surface area contributed by atoms with Crippen LogP contribution in [-0.2, 0) is 13.0 Å². The topological polar surface area (TPSA) is 101 Å². The molecule has 1 aliphatic rings. The van der Waals surface area contributed by atoms with Crippen LogP contribution in [0.3, 0.4) is 0 Å². The molecule has 3 aromatic rings. The third kappa shape index (κ3) is 3.58. The quantitative estimate of drug-likeness (QED) is 0.311. The Morgan fingerprint density at radius 3 is 2.93 bits per heavy atom. The Kier molecular flexibility index (Phi) is 5.26. The Bertz CT molecular complexity index is 1100. The standard InChI is InChI=1S/C20H20N6OS/c1-13-22-16-8-5-4-7-14(16)20(23-13)28-12-17(27)15(11-21)19-25-24-18-9-3-2-6-10-26(18)19/h4-5,7-8,27H,2-3,6,9-10,12H2,1H3/b17-15-. The van der Waals surface area contributed by atoms with Crippen molar-refractivity contribution in [3.63, 3.8) is 0 Å². The fourth-order valence-electron chi connectivity index (χ4n) is 3.39. The van der Waals surface area contributed by atoms with Gasteiger partial charge in [0.1, 0.15) is 34.1 Å². The van der Waals surface area contributed by atoms with Crippen molar-refractivity contribution in [3.8, 4) is 6.07 Å². The number of aliphatic hydroxyl groups excluding tert-OH is 1. The molecule has 0 unspecified atom stereocenters. The monoisotopic (exact) mass is 392 g/mol. The molecule has 0 amide bonds. The van der Waals surface area contributed by atoms with Crippen LogP contribution in [0, 0.1) is 18.3 Å². The number of benzene rings is 1. The molecule has 3 heterocycles. The average Bonchev–Trinajstić information content (AvgIpc) is 2.94. The first-order valence-corrected chi connectivity index (χ1v) is 10.3. The minimum atomic E-state index is -0.00714. The Labute approximate surface area is 167 Å². The molecule has 0 saturated carbocycles. The molecule has 0 atom stereocenters. The summed E-state index contributed by atoms with van der Waals surface area (Å²) < 4.78 is 1.97. The van der Waals surface area contributed by atoms with Crippen LogP contribution in [0.2, 0.25) is 0 Å². The molecule has 28 heavy (non-hydrogen) atoms. The highest BCUT2D eigenvalue weighted by Gasteiger charge is 2.21. The number of thioether (sulfide) groups is 1. The fraction of sp³-hybridized carbons (Fsp3) is 0.350. The van der Waals surface area contributed by atoms with E-state index in [2.05, 4.69) is 26.2 Å². The average molecular weight is 392 g/mol. The Hall–Kier alpha value is -2.92. The lowest BCUT2D eigenvalue weighted by molar-refractivity contribution is 0.420. The van der Waals surface area contributed by atoms with Gasteiger partial charge in [-0.05, 0) is 25.8 Å². The number of aryl methyl sites for hydroxylation is 2. The number of allylic oxidation sites excluding steroid dienone is 1. The second-order valence-electron chi connectivity index (χ2n) is 6.72. The van der Waals surface area contributed by atoms with Crippen molar-refractivity contribution >= 4 is 28.2 Å². The highest BCUT2D eigenvalue weighted by Crippen LogP contribution is 2.28. The Balaban J connectivity index is 1.64. The van der Waals surface area contributed by atoms with E-state index in [4.69, 9.17) is 0 Å². The van der Waals surface area contributed by atoms with Gasteiger partial charge in [0.25, 0.3) is 0 Å². The second kappa shape index (κ2) is 7.98. The number of hydrogen-bond donors (Lipinski definition) is 1. The van der Waals surface area contributed by atoms with Gasteiger partial charge in [0.2, 0.25) is 0 Å². The van der Waals surface area contributed by atoms with Crippen molar-refractivity contribution in [3.05, 3.63) is 47.5 Å². The Morgan fingerprint density at radius 2 is 2.07 bits per heavy atom. The van der Waals surface area contributed by atoms with E-state index in [1.807, 2.05) is 35.8 Å². The van der Waals surface area contributed by atoms with Crippen molar-refractivity contribution in [2.75, 3.05) is 5.75 Å². The van der Waals surface area contributed by atoms with Gasteiger partial charge in [0.05, 0.1) is 11.3 Å². The van der Waals surface area contributed by atoms with E-state index in [0.717, 1.165) is 54.0 Å². The molecule has 2 aromatic heterocycles. The van der Waals surface area contributed by atoms with E-state index >= 15 is 0 Å². The van der Waals surface area contributed by atoms with Crippen LogP contribution >= 0.6 is 11.8 Å². The fourth-order valence-corrected chi connectivity index (χ4v) is 4.33. The first-order valence-electron chi connectivity index (χ1n) is 9.28. The van der Waals surface area contributed by atoms with Gasteiger partial charge in [0, 0.05) is 18.4 Å². The van der Waals surface area contributed by atoms with Crippen LogP contribution in [0.4, 0.5) is 0 Å². The summed E-state index contributed by atoms with van der Waals surface area (Å²) in [5.74, 6) is 2.24. The summed E-state index contributed by atoms with van der Waals surface area (Å²) in [6.45, 7) is 2.62. The number of aromatic nitrogens is 5. The van der Waals surface area contributed by atoms with Crippen LogP contribution in [0.25, 0.3) is 16.5 Å². The Morgan fingerprint density at radius 1 is 1.21 bits per heavy atom. The zero-order valence-electron chi connectivity index (χ0n) is 15.6. The number of hydrogen-bond acceptors (Lipinski definition) is 7. The highest BCUT2D eigenvalue weighted by molar-refractivity contribution is 7.99. The third-order valence-electron chi connectivity index (χ3n) is 4.76. The number of para-hydroxylation sites is 1. The molecule has 1 N–H and O–H groups in total. The summed E-state index contributed by atoms with van der Waals surface area (Å²) in [4.78, 5) is 8.95. The minimum Gasteiger partial charge on any atom is -0.510 e. The molecule has 0 bridgehead atoms. The van der Waals surface area contributed by atoms with Gasteiger partial charge in [-0.25, -0.2) is 9.97 Å². The van der Waals surface area contributed by atoms with Gasteiger partial charge >= 0.3 is 0 Å². The second-order valence-corrected chi connectivity index (χ2v) is 7.68. The molecule has 7 nitrogen and oxygen atoms in total. The number of nitrogens with zero attached hydrogens (tertiary/aromatic N) is 6. The molecular weight excluding hydrogens is 372 g/mol. The molecule has 0 radical (unpaired) electrons. The first-order chi connectivity index (χ1) is 13.7. The largest absolute Gasteiger partial charge is 0.510 e. The summed E-state index contributed by atoms with van der Waals surface area (Å²) in [6.07, 6.45) is 4.09. The maximum atomic E-state index is 10.7. The van der Waals surface area contributed by atoms with Crippen LogP contribution in [-0.4, -0.2) is 35.6 Å². The van der Waals surface area contributed by atoms with Gasteiger partial charge in [-0.2, -0.15) is 5.26 Å². The summed E-state index contributed by atoms with van der Waals surface area (Å²) in [6, 6.07) is 9.89. The van der Waals surface area contributed by atoms with Crippen LogP contribution < -0.4 is 0 Å². The maximum Gasteiger partial charge on any atom is 0.178 e. The number of aliphatic hydroxyl groups is 1. The summed E-state index contributed by atoms with van der Waals surface area (Å²) in [5.41, 5.74) is 1.05. The highest BCUT2D eigenvalue weighted by atomic mass is 32.2. The van der Waals surface area contributed by atoms with Crippen molar-refractivity contribution in [2.24, 2.45) is 0 Å². The lowest BCUT2D eigenvalue weighted by atomic mass is 10.2. The van der Waals surface area contributed by atoms with E-state index in [0.29, 0.717) is 11.6 Å². The van der Waals surface area contributed by atoms with Gasteiger partial charge < -0.3 is 9.67 Å². The molecule has 142 valence electrons. The summed E-state index contributed by atoms with van der Waals surface area (Å²) in [5, 5.41) is 30.5. The number of nitriles is 1. The van der Waals surface area contributed by atoms with Gasteiger partial charge in [-0.15, -0.1) is 10.2 Å². The van der Waals surface area contributed by atoms with E-state index in [1.54, 1.807) is 0 Å². The van der Waals surface area contributed by atoms with Crippen molar-refractivity contribution < 1.29 is 5.11 Å². The van der Waals surface area contributed by atoms with E-state index < -0.39 is 0 Å². The van der Waals surface area contributed by atoms with E-state index in [1.165, 1.54) is 11.8 Å². The summed E-state index contributed by atoms with van der Waals surface area (Å²) in [7, 11) is 0. The van der Waals surface area contributed by atoms with E-state index in [9.17, 15) is 10.4 Å². The number of fused-ring (bicyclic) bond motifs is 2.